The summed E-state index contributed by atoms with van der Waals surface area (Å²) >= 11 is 11.8. The standard InChI is InChI=1S/C15H13Cl2N3O2/c16-10-4-5-12(17)13(7-10)20-15(22)8-14(21)19-9-11-3-1-2-6-18-11/h1-7H,8-9H2,(H,19,21)(H,20,22). The van der Waals surface area contributed by atoms with Gasteiger partial charge >= 0.3 is 0 Å². The Kier molecular flexibility index (Phi) is 5.75. The summed E-state index contributed by atoms with van der Waals surface area (Å²) in [6.07, 6.45) is 1.32. The molecule has 0 aliphatic rings. The van der Waals surface area contributed by atoms with Crippen LogP contribution in [-0.4, -0.2) is 16.8 Å². The molecule has 0 radical (unpaired) electrons. The normalized spacial score (nSPS) is 10.1. The lowest BCUT2D eigenvalue weighted by atomic mass is 10.3. The van der Waals surface area contributed by atoms with E-state index in [1.165, 1.54) is 6.07 Å². The number of carbonyl (C=O) groups excluding carboxylic acids is 2. The van der Waals surface area contributed by atoms with Crippen molar-refractivity contribution in [2.75, 3.05) is 5.32 Å². The van der Waals surface area contributed by atoms with E-state index in [0.717, 1.165) is 0 Å². The van der Waals surface area contributed by atoms with Gasteiger partial charge in [0.25, 0.3) is 0 Å². The average molecular weight is 338 g/mol. The van der Waals surface area contributed by atoms with Crippen LogP contribution in [0.1, 0.15) is 12.1 Å². The Morgan fingerprint density at radius 2 is 1.91 bits per heavy atom. The zero-order valence-corrected chi connectivity index (χ0v) is 13.0. The van der Waals surface area contributed by atoms with Crippen molar-refractivity contribution in [3.63, 3.8) is 0 Å². The van der Waals surface area contributed by atoms with Gasteiger partial charge in [0.2, 0.25) is 11.8 Å². The number of aromatic nitrogens is 1. The monoisotopic (exact) mass is 337 g/mol. The molecule has 1 aromatic heterocycles. The minimum Gasteiger partial charge on any atom is -0.350 e. The molecule has 0 bridgehead atoms. The number of halogens is 2. The van der Waals surface area contributed by atoms with Gasteiger partial charge in [-0.1, -0.05) is 29.3 Å². The smallest absolute Gasteiger partial charge is 0.233 e. The van der Waals surface area contributed by atoms with E-state index in [4.69, 9.17) is 23.2 Å². The van der Waals surface area contributed by atoms with Crippen molar-refractivity contribution in [1.82, 2.24) is 10.3 Å². The van der Waals surface area contributed by atoms with Crippen LogP contribution in [0.4, 0.5) is 5.69 Å². The van der Waals surface area contributed by atoms with Crippen LogP contribution in [0, 0.1) is 0 Å². The van der Waals surface area contributed by atoms with Crippen LogP contribution in [0.15, 0.2) is 42.6 Å². The van der Waals surface area contributed by atoms with E-state index < -0.39 is 11.8 Å². The molecule has 2 N–H and O–H groups in total. The first-order valence-electron chi connectivity index (χ1n) is 6.46. The molecule has 114 valence electrons. The van der Waals surface area contributed by atoms with Crippen LogP contribution >= 0.6 is 23.2 Å². The van der Waals surface area contributed by atoms with Crippen LogP contribution in [0.2, 0.25) is 10.0 Å². The second kappa shape index (κ2) is 7.77. The summed E-state index contributed by atoms with van der Waals surface area (Å²) in [6.45, 7) is 0.269. The molecule has 0 saturated carbocycles. The number of pyridine rings is 1. The average Bonchev–Trinajstić information content (AvgIpc) is 2.50. The summed E-state index contributed by atoms with van der Waals surface area (Å²) in [6, 6.07) is 10.1. The number of carbonyl (C=O) groups is 2. The summed E-state index contributed by atoms with van der Waals surface area (Å²) in [5.41, 5.74) is 1.09. The fourth-order valence-corrected chi connectivity index (χ4v) is 2.02. The molecule has 0 aliphatic heterocycles. The van der Waals surface area contributed by atoms with Crippen molar-refractivity contribution in [1.29, 1.82) is 0 Å². The number of rotatable bonds is 5. The Hall–Kier alpha value is -2.11. The highest BCUT2D eigenvalue weighted by atomic mass is 35.5. The van der Waals surface area contributed by atoms with E-state index in [1.54, 1.807) is 30.5 Å². The van der Waals surface area contributed by atoms with Gasteiger partial charge in [0.1, 0.15) is 6.42 Å². The topological polar surface area (TPSA) is 71.1 Å². The van der Waals surface area contributed by atoms with E-state index in [9.17, 15) is 9.59 Å². The van der Waals surface area contributed by atoms with Gasteiger partial charge in [0.15, 0.2) is 0 Å². The van der Waals surface area contributed by atoms with Gasteiger partial charge in [-0.25, -0.2) is 0 Å². The van der Waals surface area contributed by atoms with Gasteiger partial charge in [0.05, 0.1) is 22.9 Å². The Morgan fingerprint density at radius 3 is 2.64 bits per heavy atom. The Morgan fingerprint density at radius 1 is 1.09 bits per heavy atom. The highest BCUT2D eigenvalue weighted by Gasteiger charge is 2.11. The van der Waals surface area contributed by atoms with Gasteiger partial charge < -0.3 is 10.6 Å². The van der Waals surface area contributed by atoms with Gasteiger partial charge in [-0.2, -0.15) is 0 Å². The molecule has 0 spiro atoms. The lowest BCUT2D eigenvalue weighted by Gasteiger charge is -2.08. The first kappa shape index (κ1) is 16.3. The van der Waals surface area contributed by atoms with Crippen LogP contribution in [0.5, 0.6) is 0 Å². The van der Waals surface area contributed by atoms with Crippen molar-refractivity contribution < 1.29 is 9.59 Å². The lowest BCUT2D eigenvalue weighted by molar-refractivity contribution is -0.126. The van der Waals surface area contributed by atoms with Crippen molar-refractivity contribution in [3.8, 4) is 0 Å². The number of nitrogens with zero attached hydrogens (tertiary/aromatic N) is 1. The minimum absolute atomic E-state index is 0.269. The summed E-state index contributed by atoms with van der Waals surface area (Å²) in [4.78, 5) is 27.6. The Balaban J connectivity index is 1.84. The molecule has 2 amide bonds. The summed E-state index contributed by atoms with van der Waals surface area (Å²) in [5, 5.41) is 5.97. The SMILES string of the molecule is O=C(CC(=O)Nc1cc(Cl)ccc1Cl)NCc1ccccn1. The highest BCUT2D eigenvalue weighted by molar-refractivity contribution is 6.35. The molecule has 2 rings (SSSR count). The summed E-state index contributed by atoms with van der Waals surface area (Å²) in [5.74, 6) is -0.871. The first-order chi connectivity index (χ1) is 10.5. The van der Waals surface area contributed by atoms with Crippen molar-refractivity contribution in [2.24, 2.45) is 0 Å². The fraction of sp³-hybridized carbons (Fsp3) is 0.133. The molecule has 0 atom stereocenters. The lowest BCUT2D eigenvalue weighted by Crippen LogP contribution is -2.28. The van der Waals surface area contributed by atoms with Crippen molar-refractivity contribution in [2.45, 2.75) is 13.0 Å². The number of nitrogens with one attached hydrogen (secondary N) is 2. The number of anilines is 1. The van der Waals surface area contributed by atoms with Crippen LogP contribution < -0.4 is 10.6 Å². The van der Waals surface area contributed by atoms with E-state index in [1.807, 2.05) is 6.07 Å². The minimum atomic E-state index is -0.470. The van der Waals surface area contributed by atoms with Gasteiger partial charge in [0, 0.05) is 11.2 Å². The Bertz CT molecular complexity index is 678. The number of benzene rings is 1. The summed E-state index contributed by atoms with van der Waals surface area (Å²) in [7, 11) is 0. The quantitative estimate of drug-likeness (QED) is 0.823. The third-order valence-electron chi connectivity index (χ3n) is 2.72. The van der Waals surface area contributed by atoms with E-state index >= 15 is 0 Å². The number of hydrogen-bond donors (Lipinski definition) is 2. The molecule has 22 heavy (non-hydrogen) atoms. The molecule has 7 heteroatoms. The third kappa shape index (κ3) is 5.02. The molecule has 0 unspecified atom stereocenters. The van der Waals surface area contributed by atoms with Crippen molar-refractivity contribution >= 4 is 40.7 Å². The van der Waals surface area contributed by atoms with Crippen molar-refractivity contribution in [3.05, 3.63) is 58.3 Å². The predicted molar refractivity (Wildman–Crippen MR) is 85.8 cm³/mol. The van der Waals surface area contributed by atoms with Crippen LogP contribution in [0.25, 0.3) is 0 Å². The number of amides is 2. The maximum absolute atomic E-state index is 11.8. The zero-order chi connectivity index (χ0) is 15.9. The van der Waals surface area contributed by atoms with E-state index in [0.29, 0.717) is 21.4 Å². The second-order valence-corrected chi connectivity index (χ2v) is 5.29. The highest BCUT2D eigenvalue weighted by Crippen LogP contribution is 2.25. The zero-order valence-electron chi connectivity index (χ0n) is 11.5. The molecular formula is C15H13Cl2N3O2. The molecule has 2 aromatic rings. The van der Waals surface area contributed by atoms with E-state index in [-0.39, 0.29) is 13.0 Å². The molecular weight excluding hydrogens is 325 g/mol. The van der Waals surface area contributed by atoms with Gasteiger partial charge in [-0.3, -0.25) is 14.6 Å². The predicted octanol–water partition coefficient (Wildman–Crippen LogP) is 3.03. The van der Waals surface area contributed by atoms with Crippen LogP contribution in [-0.2, 0) is 16.1 Å². The third-order valence-corrected chi connectivity index (χ3v) is 3.28. The number of hydrogen-bond acceptors (Lipinski definition) is 3. The maximum atomic E-state index is 11.8. The van der Waals surface area contributed by atoms with Crippen LogP contribution in [0.3, 0.4) is 0 Å². The largest absolute Gasteiger partial charge is 0.350 e. The van der Waals surface area contributed by atoms with E-state index in [2.05, 4.69) is 15.6 Å². The molecule has 1 aromatic carbocycles. The molecule has 1 heterocycles. The Labute approximate surface area is 137 Å². The molecule has 0 saturated heterocycles. The molecule has 0 fully saturated rings. The van der Waals surface area contributed by atoms with Gasteiger partial charge in [-0.05, 0) is 30.3 Å². The first-order valence-corrected chi connectivity index (χ1v) is 7.21. The summed E-state index contributed by atoms with van der Waals surface area (Å²) < 4.78 is 0. The maximum Gasteiger partial charge on any atom is 0.233 e. The second-order valence-electron chi connectivity index (χ2n) is 4.45. The fourth-order valence-electron chi connectivity index (χ4n) is 1.69. The van der Waals surface area contributed by atoms with Gasteiger partial charge in [-0.15, -0.1) is 0 Å². The molecule has 5 nitrogen and oxygen atoms in total. The molecule has 0 aliphatic carbocycles.